The third-order valence-electron chi connectivity index (χ3n) is 13.0. The average molecular weight is 1140 g/mol. The predicted molar refractivity (Wildman–Crippen MR) is 361 cm³/mol. The lowest BCUT2D eigenvalue weighted by atomic mass is 10.1. The Labute approximate surface area is 509 Å². The van der Waals surface area contributed by atoms with E-state index in [1.54, 1.807) is 0 Å². The molecule has 83 heavy (non-hydrogen) atoms. The van der Waals surface area contributed by atoms with Crippen LogP contribution in [0.25, 0.3) is 0 Å². The van der Waals surface area contributed by atoms with Gasteiger partial charge in [-0.1, -0.05) is 267 Å². The van der Waals surface area contributed by atoms with Gasteiger partial charge in [0.1, 0.15) is 13.2 Å². The minimum absolute atomic E-state index is 0.116. The summed E-state index contributed by atoms with van der Waals surface area (Å²) in [7, 11) is 0. The van der Waals surface area contributed by atoms with Crippen molar-refractivity contribution >= 4 is 17.9 Å². The zero-order chi connectivity index (χ0) is 59.9. The molecule has 0 amide bonds. The summed E-state index contributed by atoms with van der Waals surface area (Å²) in [6.45, 7) is 6.27. The van der Waals surface area contributed by atoms with Crippen molar-refractivity contribution in [3.63, 3.8) is 0 Å². The molecule has 1 unspecified atom stereocenters. The smallest absolute Gasteiger partial charge is 0.306 e. The summed E-state index contributed by atoms with van der Waals surface area (Å²) in [5.74, 6) is -0.998. The molecule has 0 spiro atoms. The van der Waals surface area contributed by atoms with Crippen molar-refractivity contribution in [2.75, 3.05) is 13.2 Å². The molecule has 6 heteroatoms. The predicted octanol–water partition coefficient (Wildman–Crippen LogP) is 23.0. The molecule has 0 aliphatic carbocycles. The van der Waals surface area contributed by atoms with Crippen molar-refractivity contribution in [3.05, 3.63) is 194 Å². The van der Waals surface area contributed by atoms with Crippen molar-refractivity contribution in [3.8, 4) is 0 Å². The molecule has 0 saturated heterocycles. The number of unbranched alkanes of at least 4 members (excludes halogenated alkanes) is 14. The number of esters is 3. The highest BCUT2D eigenvalue weighted by atomic mass is 16.6. The number of rotatable bonds is 57. The monoisotopic (exact) mass is 1140 g/mol. The highest BCUT2D eigenvalue weighted by Gasteiger charge is 2.19. The normalized spacial score (nSPS) is 13.4. The van der Waals surface area contributed by atoms with E-state index in [0.717, 1.165) is 186 Å². The molecular weight excluding hydrogens is 1020 g/mol. The van der Waals surface area contributed by atoms with Crippen LogP contribution in [0.2, 0.25) is 0 Å². The standard InChI is InChI=1S/C77H118O6/c1-4-7-10-13-16-19-22-25-27-29-31-33-35-37-38-40-41-43-45-47-49-52-55-58-61-64-67-70-76(79)82-73-74(72-81-75(78)69-66-63-60-57-54-51-24-21-18-15-12-9-6-3)83-77(80)71-68-65-62-59-56-53-50-48-46-44-42-39-36-34-32-30-28-26-23-20-17-14-11-8-5-2/h7-8,10-12,15-17,19-21,24-28,31-34,37-39,41-43,46-49,55,58,74H,4-6,9,13-14,18,22-23,29-30,35-36,40,44-45,50-54,56-57,59-73H2,1-3H3/b10-7-,11-8-,15-12-,19-16-,20-17-,24-21-,27-25-,28-26-,33-31-,34-32-,38-37-,42-39-,43-41-,48-46-,49-47-,58-55-. The molecule has 0 bridgehead atoms. The van der Waals surface area contributed by atoms with Crippen molar-refractivity contribution in [2.45, 2.75) is 258 Å². The lowest BCUT2D eigenvalue weighted by Crippen LogP contribution is -2.30. The highest BCUT2D eigenvalue weighted by Crippen LogP contribution is 2.13. The van der Waals surface area contributed by atoms with Crippen LogP contribution in [-0.2, 0) is 28.6 Å². The minimum atomic E-state index is -0.824. The number of carbonyl (C=O) groups excluding carboxylic acids is 3. The van der Waals surface area contributed by atoms with Gasteiger partial charge in [-0.2, -0.15) is 0 Å². The largest absolute Gasteiger partial charge is 0.462 e. The summed E-state index contributed by atoms with van der Waals surface area (Å²) in [5.41, 5.74) is 0. The van der Waals surface area contributed by atoms with Crippen LogP contribution in [0, 0.1) is 0 Å². The maximum absolute atomic E-state index is 12.9. The first-order chi connectivity index (χ1) is 41.0. The number of allylic oxidation sites excluding steroid dienone is 32. The van der Waals surface area contributed by atoms with Crippen LogP contribution >= 0.6 is 0 Å². The molecule has 0 radical (unpaired) electrons. The fourth-order valence-electron chi connectivity index (χ4n) is 8.20. The van der Waals surface area contributed by atoms with Gasteiger partial charge in [0.2, 0.25) is 0 Å². The molecule has 1 atom stereocenters. The molecule has 0 rings (SSSR count). The second kappa shape index (κ2) is 68.7. The van der Waals surface area contributed by atoms with E-state index in [1.165, 1.54) is 19.3 Å². The number of hydrogen-bond donors (Lipinski definition) is 0. The van der Waals surface area contributed by atoms with Gasteiger partial charge in [0.05, 0.1) is 0 Å². The second-order valence-corrected chi connectivity index (χ2v) is 20.9. The molecule has 0 fully saturated rings. The maximum atomic E-state index is 12.9. The Balaban J connectivity index is 4.51. The van der Waals surface area contributed by atoms with E-state index in [0.29, 0.717) is 12.8 Å². The third kappa shape index (κ3) is 66.9. The Bertz CT molecular complexity index is 1990. The van der Waals surface area contributed by atoms with Crippen LogP contribution in [0.5, 0.6) is 0 Å². The van der Waals surface area contributed by atoms with Gasteiger partial charge >= 0.3 is 17.9 Å². The van der Waals surface area contributed by atoms with E-state index in [-0.39, 0.29) is 44.0 Å². The fourth-order valence-corrected chi connectivity index (χ4v) is 8.20. The molecule has 0 aromatic rings. The summed E-state index contributed by atoms with van der Waals surface area (Å²) in [6.07, 6.45) is 104. The van der Waals surface area contributed by atoms with Gasteiger partial charge < -0.3 is 14.2 Å². The average Bonchev–Trinajstić information content (AvgIpc) is 3.49. The summed E-state index contributed by atoms with van der Waals surface area (Å²) < 4.78 is 16.9. The number of carbonyl (C=O) groups is 3. The molecule has 0 heterocycles. The lowest BCUT2D eigenvalue weighted by molar-refractivity contribution is -0.167. The summed E-state index contributed by atoms with van der Waals surface area (Å²) >= 11 is 0. The number of ether oxygens (including phenoxy) is 3. The quantitative estimate of drug-likeness (QED) is 0.0261. The molecule has 0 saturated carbocycles. The number of hydrogen-bond acceptors (Lipinski definition) is 6. The topological polar surface area (TPSA) is 78.9 Å². The van der Waals surface area contributed by atoms with Crippen LogP contribution < -0.4 is 0 Å². The molecule has 0 N–H and O–H groups in total. The van der Waals surface area contributed by atoms with Crippen LogP contribution in [0.3, 0.4) is 0 Å². The third-order valence-corrected chi connectivity index (χ3v) is 13.0. The van der Waals surface area contributed by atoms with Gasteiger partial charge in [0.25, 0.3) is 0 Å². The van der Waals surface area contributed by atoms with Crippen molar-refractivity contribution in [2.24, 2.45) is 0 Å². The van der Waals surface area contributed by atoms with E-state index in [9.17, 15) is 14.4 Å². The van der Waals surface area contributed by atoms with Gasteiger partial charge in [-0.05, 0) is 161 Å². The molecule has 0 aliphatic rings. The Kier molecular flexibility index (Phi) is 64.0. The first-order valence-electron chi connectivity index (χ1n) is 32.9. The SMILES string of the molecule is CC/C=C\C/C=C\C/C=C\C/C=C\C/C=C\C/C=C\C/C=C\C/C=C\CCCCC(=O)OCC(COC(=O)CCCCCCC/C=C\C/C=C\CCC)OC(=O)CCCCCCCC/C=C\C/C=C\C/C=C\C/C=C\C/C=C\C/C=C\CC. The van der Waals surface area contributed by atoms with E-state index in [2.05, 4.69) is 215 Å². The zero-order valence-electron chi connectivity index (χ0n) is 52.9. The van der Waals surface area contributed by atoms with Crippen LogP contribution in [0.4, 0.5) is 0 Å². The van der Waals surface area contributed by atoms with Crippen molar-refractivity contribution in [1.82, 2.24) is 0 Å². The molecule has 0 aromatic heterocycles. The first-order valence-corrected chi connectivity index (χ1v) is 32.9. The fraction of sp³-hybridized carbons (Fsp3) is 0.545. The molecule has 0 aliphatic heterocycles. The summed E-state index contributed by atoms with van der Waals surface area (Å²) in [6, 6.07) is 0. The lowest BCUT2D eigenvalue weighted by Gasteiger charge is -2.18. The molecule has 462 valence electrons. The van der Waals surface area contributed by atoms with Gasteiger partial charge in [-0.15, -0.1) is 0 Å². The van der Waals surface area contributed by atoms with Gasteiger partial charge in [0.15, 0.2) is 6.10 Å². The molecule has 0 aromatic carbocycles. The summed E-state index contributed by atoms with van der Waals surface area (Å²) in [5, 5.41) is 0. The Morgan fingerprint density at radius 1 is 0.253 bits per heavy atom. The molecular formula is C77H118O6. The van der Waals surface area contributed by atoms with Gasteiger partial charge in [0, 0.05) is 19.3 Å². The van der Waals surface area contributed by atoms with Crippen molar-refractivity contribution < 1.29 is 28.6 Å². The summed E-state index contributed by atoms with van der Waals surface area (Å²) in [4.78, 5) is 38.3. The van der Waals surface area contributed by atoms with Crippen LogP contribution in [0.15, 0.2) is 194 Å². The van der Waals surface area contributed by atoms with Crippen LogP contribution in [-0.4, -0.2) is 37.2 Å². The molecule has 6 nitrogen and oxygen atoms in total. The first kappa shape index (κ1) is 77.2. The van der Waals surface area contributed by atoms with E-state index >= 15 is 0 Å². The second-order valence-electron chi connectivity index (χ2n) is 20.9. The highest BCUT2D eigenvalue weighted by molar-refractivity contribution is 5.71. The van der Waals surface area contributed by atoms with Gasteiger partial charge in [-0.3, -0.25) is 14.4 Å². The van der Waals surface area contributed by atoms with Gasteiger partial charge in [-0.25, -0.2) is 0 Å². The van der Waals surface area contributed by atoms with E-state index < -0.39 is 6.10 Å². The Hall–Kier alpha value is -5.75. The maximum Gasteiger partial charge on any atom is 0.306 e. The Morgan fingerprint density at radius 2 is 0.470 bits per heavy atom. The van der Waals surface area contributed by atoms with Crippen LogP contribution in [0.1, 0.15) is 252 Å². The zero-order valence-corrected chi connectivity index (χ0v) is 52.9. The van der Waals surface area contributed by atoms with E-state index in [1.807, 2.05) is 0 Å². The van der Waals surface area contributed by atoms with E-state index in [4.69, 9.17) is 14.2 Å². The minimum Gasteiger partial charge on any atom is -0.462 e. The Morgan fingerprint density at radius 3 is 0.759 bits per heavy atom. The van der Waals surface area contributed by atoms with Crippen molar-refractivity contribution in [1.29, 1.82) is 0 Å².